The van der Waals surface area contributed by atoms with Crippen LogP contribution in [0.1, 0.15) is 41.3 Å². The van der Waals surface area contributed by atoms with Gasteiger partial charge in [-0.05, 0) is 36.2 Å². The van der Waals surface area contributed by atoms with Crippen molar-refractivity contribution in [1.29, 1.82) is 5.26 Å². The Hall–Kier alpha value is -4.12. The van der Waals surface area contributed by atoms with Gasteiger partial charge in [0.1, 0.15) is 5.82 Å². The molecule has 0 aliphatic carbocycles. The summed E-state index contributed by atoms with van der Waals surface area (Å²) in [6.45, 7) is 2.38. The number of nitrogen functional groups attached to an aromatic ring is 1. The highest BCUT2D eigenvalue weighted by molar-refractivity contribution is 6.07. The minimum Gasteiger partial charge on any atom is -0.383 e. The Balaban J connectivity index is 2.09. The summed E-state index contributed by atoms with van der Waals surface area (Å²) in [6, 6.07) is 17.4. The zero-order valence-corrected chi connectivity index (χ0v) is 17.2. The van der Waals surface area contributed by atoms with Crippen molar-refractivity contribution in [3.05, 3.63) is 92.1 Å². The number of aromatic nitrogens is 2. The summed E-state index contributed by atoms with van der Waals surface area (Å²) >= 11 is 0. The van der Waals surface area contributed by atoms with Gasteiger partial charge in [0, 0.05) is 12.1 Å². The molecule has 3 rings (SSSR count). The number of nitriles is 1. The van der Waals surface area contributed by atoms with Crippen LogP contribution < -0.4 is 21.9 Å². The third-order valence-electron chi connectivity index (χ3n) is 4.91. The van der Waals surface area contributed by atoms with Gasteiger partial charge in [-0.25, -0.2) is 4.79 Å². The van der Waals surface area contributed by atoms with E-state index in [1.54, 1.807) is 0 Å². The number of H-pyrrole nitrogens is 1. The number of unbranched alkanes of at least 4 members (excludes halogenated alkanes) is 1. The number of nitrogens with two attached hydrogens (primary N) is 1. The van der Waals surface area contributed by atoms with Crippen LogP contribution >= 0.6 is 0 Å². The van der Waals surface area contributed by atoms with Gasteiger partial charge in [-0.15, -0.1) is 0 Å². The van der Waals surface area contributed by atoms with E-state index in [0.717, 1.165) is 12.0 Å². The first-order valence-corrected chi connectivity index (χ1v) is 9.94. The van der Waals surface area contributed by atoms with Gasteiger partial charge in [-0.2, -0.15) is 5.26 Å². The van der Waals surface area contributed by atoms with Gasteiger partial charge in [-0.3, -0.25) is 19.1 Å². The van der Waals surface area contributed by atoms with Crippen LogP contribution in [0.2, 0.25) is 0 Å². The molecule has 8 heteroatoms. The van der Waals surface area contributed by atoms with Gasteiger partial charge in [0.05, 0.1) is 18.2 Å². The largest absolute Gasteiger partial charge is 0.383 e. The number of nitrogens with one attached hydrogen (secondary N) is 1. The second-order valence-electron chi connectivity index (χ2n) is 7.06. The van der Waals surface area contributed by atoms with E-state index >= 15 is 0 Å². The first-order chi connectivity index (χ1) is 15.0. The second-order valence-corrected chi connectivity index (χ2v) is 7.06. The van der Waals surface area contributed by atoms with Crippen molar-refractivity contribution < 1.29 is 4.79 Å². The lowest BCUT2D eigenvalue weighted by Gasteiger charge is -2.24. The highest BCUT2D eigenvalue weighted by Crippen LogP contribution is 2.21. The summed E-state index contributed by atoms with van der Waals surface area (Å²) in [5.41, 5.74) is 6.42. The lowest BCUT2D eigenvalue weighted by molar-refractivity contribution is 0.0986. The SMILES string of the molecule is CCCCN(C(=O)c1ccc(C#N)cc1)c1c(N)n(Cc2ccccc2)c(=O)[nH]c1=O. The zero-order chi connectivity index (χ0) is 22.4. The van der Waals surface area contributed by atoms with Crippen LogP contribution in [-0.2, 0) is 6.54 Å². The number of carbonyl (C=O) groups excluding carboxylic acids is 1. The number of amides is 1. The Kier molecular flexibility index (Phi) is 6.67. The molecule has 1 aromatic heterocycles. The first-order valence-electron chi connectivity index (χ1n) is 9.94. The molecule has 0 spiro atoms. The van der Waals surface area contributed by atoms with E-state index < -0.39 is 17.2 Å². The number of rotatable bonds is 7. The normalized spacial score (nSPS) is 10.5. The molecule has 2 aromatic carbocycles. The summed E-state index contributed by atoms with van der Waals surface area (Å²) in [5, 5.41) is 8.98. The molecule has 31 heavy (non-hydrogen) atoms. The Bertz CT molecular complexity index is 1220. The fraction of sp³-hybridized carbons (Fsp3) is 0.217. The molecule has 3 aromatic rings. The van der Waals surface area contributed by atoms with Crippen molar-refractivity contribution in [3.8, 4) is 6.07 Å². The summed E-state index contributed by atoms with van der Waals surface area (Å²) in [6.07, 6.45) is 1.43. The Morgan fingerprint density at radius 2 is 1.81 bits per heavy atom. The van der Waals surface area contributed by atoms with E-state index in [4.69, 9.17) is 11.0 Å². The van der Waals surface area contributed by atoms with Crippen LogP contribution in [-0.4, -0.2) is 22.0 Å². The van der Waals surface area contributed by atoms with Crippen molar-refractivity contribution >= 4 is 17.4 Å². The smallest absolute Gasteiger partial charge is 0.330 e. The highest BCUT2D eigenvalue weighted by Gasteiger charge is 2.25. The summed E-state index contributed by atoms with van der Waals surface area (Å²) in [5.74, 6) is -0.504. The number of benzene rings is 2. The predicted molar refractivity (Wildman–Crippen MR) is 119 cm³/mol. The van der Waals surface area contributed by atoms with Gasteiger partial charge in [0.25, 0.3) is 11.5 Å². The second kappa shape index (κ2) is 9.59. The van der Waals surface area contributed by atoms with Crippen molar-refractivity contribution in [2.24, 2.45) is 0 Å². The molecule has 0 saturated carbocycles. The molecule has 0 saturated heterocycles. The third-order valence-corrected chi connectivity index (χ3v) is 4.91. The molecular weight excluding hydrogens is 394 g/mol. The van der Waals surface area contributed by atoms with E-state index in [1.165, 1.54) is 33.7 Å². The topological polar surface area (TPSA) is 125 Å². The standard InChI is InChI=1S/C23H23N5O3/c1-2-3-13-27(22(30)18-11-9-16(14-24)10-12-18)19-20(25)28(23(31)26-21(19)29)15-17-7-5-4-6-8-17/h4-12H,2-3,13,15,25H2,1H3,(H,26,29,31). The number of hydrogen-bond acceptors (Lipinski definition) is 5. The van der Waals surface area contributed by atoms with Crippen LogP contribution in [0.25, 0.3) is 0 Å². The van der Waals surface area contributed by atoms with Crippen LogP contribution in [0.15, 0.2) is 64.2 Å². The lowest BCUT2D eigenvalue weighted by Crippen LogP contribution is -2.41. The highest BCUT2D eigenvalue weighted by atomic mass is 16.2. The van der Waals surface area contributed by atoms with Crippen molar-refractivity contribution in [2.75, 3.05) is 17.2 Å². The molecule has 0 radical (unpaired) electrons. The van der Waals surface area contributed by atoms with Gasteiger partial charge in [-0.1, -0.05) is 43.7 Å². The molecule has 0 aliphatic rings. The van der Waals surface area contributed by atoms with E-state index in [1.807, 2.05) is 43.3 Å². The summed E-state index contributed by atoms with van der Waals surface area (Å²) in [4.78, 5) is 42.0. The molecule has 1 amide bonds. The fourth-order valence-corrected chi connectivity index (χ4v) is 3.24. The van der Waals surface area contributed by atoms with Crippen LogP contribution in [0.3, 0.4) is 0 Å². The maximum Gasteiger partial charge on any atom is 0.330 e. The molecule has 0 fully saturated rings. The average Bonchev–Trinajstić information content (AvgIpc) is 2.79. The van der Waals surface area contributed by atoms with E-state index in [9.17, 15) is 14.4 Å². The molecule has 8 nitrogen and oxygen atoms in total. The zero-order valence-electron chi connectivity index (χ0n) is 17.2. The Morgan fingerprint density at radius 1 is 1.13 bits per heavy atom. The maximum absolute atomic E-state index is 13.3. The molecule has 158 valence electrons. The molecule has 0 bridgehead atoms. The Labute approximate surface area is 179 Å². The van der Waals surface area contributed by atoms with E-state index in [0.29, 0.717) is 17.5 Å². The van der Waals surface area contributed by atoms with Crippen LogP contribution in [0, 0.1) is 11.3 Å². The number of hydrogen-bond donors (Lipinski definition) is 2. The number of nitrogens with zero attached hydrogens (tertiary/aromatic N) is 3. The summed E-state index contributed by atoms with van der Waals surface area (Å²) in [7, 11) is 0. The molecule has 0 unspecified atom stereocenters. The number of carbonyl (C=O) groups is 1. The van der Waals surface area contributed by atoms with Gasteiger partial charge in [0.15, 0.2) is 5.69 Å². The number of aromatic amines is 1. The lowest BCUT2D eigenvalue weighted by atomic mass is 10.1. The fourth-order valence-electron chi connectivity index (χ4n) is 3.24. The predicted octanol–water partition coefficient (Wildman–Crippen LogP) is 2.49. The maximum atomic E-state index is 13.3. The monoisotopic (exact) mass is 417 g/mol. The quantitative estimate of drug-likeness (QED) is 0.611. The van der Waals surface area contributed by atoms with Crippen LogP contribution in [0.4, 0.5) is 11.5 Å². The van der Waals surface area contributed by atoms with Crippen LogP contribution in [0.5, 0.6) is 0 Å². The van der Waals surface area contributed by atoms with Gasteiger partial charge < -0.3 is 10.6 Å². The molecule has 0 aliphatic heterocycles. The molecule has 1 heterocycles. The average molecular weight is 417 g/mol. The molecule has 3 N–H and O–H groups in total. The first kappa shape index (κ1) is 21.6. The molecular formula is C23H23N5O3. The van der Waals surface area contributed by atoms with Gasteiger partial charge >= 0.3 is 5.69 Å². The van der Waals surface area contributed by atoms with E-state index in [-0.39, 0.29) is 24.6 Å². The third kappa shape index (κ3) is 4.73. The minimum atomic E-state index is -0.718. The number of anilines is 2. The van der Waals surface area contributed by atoms with Crippen molar-refractivity contribution in [1.82, 2.24) is 9.55 Å². The van der Waals surface area contributed by atoms with Gasteiger partial charge in [0.2, 0.25) is 0 Å². The van der Waals surface area contributed by atoms with E-state index in [2.05, 4.69) is 4.98 Å². The minimum absolute atomic E-state index is 0.0571. The molecule has 0 atom stereocenters. The van der Waals surface area contributed by atoms with Crippen molar-refractivity contribution in [3.63, 3.8) is 0 Å². The Morgan fingerprint density at radius 3 is 2.42 bits per heavy atom. The van der Waals surface area contributed by atoms with Crippen molar-refractivity contribution in [2.45, 2.75) is 26.3 Å². The summed E-state index contributed by atoms with van der Waals surface area (Å²) < 4.78 is 1.25.